The lowest BCUT2D eigenvalue weighted by Gasteiger charge is -2.07. The van der Waals surface area contributed by atoms with E-state index in [2.05, 4.69) is 15.9 Å². The van der Waals surface area contributed by atoms with Crippen LogP contribution in [0.1, 0.15) is 10.4 Å². The van der Waals surface area contributed by atoms with Crippen LogP contribution in [0.2, 0.25) is 0 Å². The van der Waals surface area contributed by atoms with Gasteiger partial charge in [-0.15, -0.1) is 0 Å². The Balaban J connectivity index is 3.26. The molecule has 0 aliphatic rings. The first-order valence-electron chi connectivity index (χ1n) is 3.39. The Hall–Kier alpha value is -0.910. The second-order valence-corrected chi connectivity index (χ2v) is 3.28. The normalized spacial score (nSPS) is 11.5. The van der Waals surface area contributed by atoms with Gasteiger partial charge >= 0.3 is 6.18 Å². The van der Waals surface area contributed by atoms with Crippen LogP contribution >= 0.6 is 15.9 Å². The van der Waals surface area contributed by atoms with Crippen molar-refractivity contribution in [3.8, 4) is 0 Å². The van der Waals surface area contributed by atoms with Crippen LogP contribution in [0.4, 0.5) is 17.6 Å². The molecule has 0 aromatic heterocycles. The lowest BCUT2D eigenvalue weighted by Crippen LogP contribution is -2.24. The summed E-state index contributed by atoms with van der Waals surface area (Å²) in [4.78, 5) is 10.7. The molecule has 1 aromatic rings. The van der Waals surface area contributed by atoms with Crippen molar-refractivity contribution in [1.29, 1.82) is 0 Å². The van der Waals surface area contributed by atoms with Gasteiger partial charge in [-0.3, -0.25) is 4.79 Å². The molecule has 0 saturated carbocycles. The molecule has 1 aromatic carbocycles. The maximum Gasteiger partial charge on any atom is 0.455 e. The summed E-state index contributed by atoms with van der Waals surface area (Å²) in [7, 11) is 0. The molecule has 0 fully saturated rings. The zero-order valence-electron chi connectivity index (χ0n) is 6.53. The van der Waals surface area contributed by atoms with Gasteiger partial charge in [0, 0.05) is 4.47 Å². The SMILES string of the molecule is O=C(c1c(F)cccc1Br)C(F)(F)F. The second-order valence-electron chi connectivity index (χ2n) is 2.42. The third-order valence-electron chi connectivity index (χ3n) is 1.45. The lowest BCUT2D eigenvalue weighted by molar-refractivity contribution is -0.0888. The molecule has 14 heavy (non-hydrogen) atoms. The van der Waals surface area contributed by atoms with Crippen LogP contribution in [0.3, 0.4) is 0 Å². The van der Waals surface area contributed by atoms with Crippen molar-refractivity contribution in [3.05, 3.63) is 34.1 Å². The first-order chi connectivity index (χ1) is 6.34. The summed E-state index contributed by atoms with van der Waals surface area (Å²) >= 11 is 2.68. The number of carbonyl (C=O) groups is 1. The molecule has 0 spiro atoms. The first-order valence-corrected chi connectivity index (χ1v) is 4.19. The monoisotopic (exact) mass is 270 g/mol. The molecule has 0 N–H and O–H groups in total. The number of hydrogen-bond acceptors (Lipinski definition) is 1. The quantitative estimate of drug-likeness (QED) is 0.565. The number of halogens is 5. The van der Waals surface area contributed by atoms with Gasteiger partial charge < -0.3 is 0 Å². The average molecular weight is 271 g/mol. The lowest BCUT2D eigenvalue weighted by atomic mass is 10.1. The smallest absolute Gasteiger partial charge is 0.284 e. The standard InChI is InChI=1S/C8H3BrF4O/c9-4-2-1-3-5(10)6(4)7(14)8(11,12)13/h1-3H. The fourth-order valence-corrected chi connectivity index (χ4v) is 1.38. The topological polar surface area (TPSA) is 17.1 Å². The molecule has 0 heterocycles. The Bertz CT molecular complexity index is 352. The number of ketones is 1. The third kappa shape index (κ3) is 2.12. The van der Waals surface area contributed by atoms with E-state index in [4.69, 9.17) is 0 Å². The Morgan fingerprint density at radius 1 is 1.29 bits per heavy atom. The average Bonchev–Trinajstić information content (AvgIpc) is 2.01. The highest BCUT2D eigenvalue weighted by molar-refractivity contribution is 9.10. The molecular weight excluding hydrogens is 268 g/mol. The maximum atomic E-state index is 12.9. The Morgan fingerprint density at radius 3 is 2.29 bits per heavy atom. The van der Waals surface area contributed by atoms with Crippen LogP contribution in [0, 0.1) is 5.82 Å². The highest BCUT2D eigenvalue weighted by atomic mass is 79.9. The Morgan fingerprint density at radius 2 is 1.86 bits per heavy atom. The molecule has 0 aliphatic carbocycles. The molecule has 0 amide bonds. The molecule has 0 aliphatic heterocycles. The molecule has 0 unspecified atom stereocenters. The molecule has 0 radical (unpaired) electrons. The van der Waals surface area contributed by atoms with Crippen molar-refractivity contribution in [2.75, 3.05) is 0 Å². The van der Waals surface area contributed by atoms with E-state index in [1.165, 1.54) is 12.1 Å². The van der Waals surface area contributed by atoms with Crippen molar-refractivity contribution in [2.45, 2.75) is 6.18 Å². The predicted molar refractivity (Wildman–Crippen MR) is 44.5 cm³/mol. The predicted octanol–water partition coefficient (Wildman–Crippen LogP) is 3.33. The molecule has 0 atom stereocenters. The number of alkyl halides is 3. The molecular formula is C8H3BrF4O. The van der Waals surface area contributed by atoms with Crippen molar-refractivity contribution >= 4 is 21.7 Å². The van der Waals surface area contributed by atoms with Gasteiger partial charge in [0.2, 0.25) is 0 Å². The summed E-state index contributed by atoms with van der Waals surface area (Å²) in [6.07, 6.45) is -5.06. The van der Waals surface area contributed by atoms with E-state index in [0.717, 1.165) is 6.07 Å². The van der Waals surface area contributed by atoms with E-state index in [-0.39, 0.29) is 4.47 Å². The highest BCUT2D eigenvalue weighted by Crippen LogP contribution is 2.28. The molecule has 1 rings (SSSR count). The van der Waals surface area contributed by atoms with Gasteiger partial charge in [0.05, 0.1) is 5.56 Å². The maximum absolute atomic E-state index is 12.9. The largest absolute Gasteiger partial charge is 0.455 e. The minimum absolute atomic E-state index is 0.208. The van der Waals surface area contributed by atoms with Gasteiger partial charge in [-0.1, -0.05) is 6.07 Å². The van der Waals surface area contributed by atoms with Crippen molar-refractivity contribution in [1.82, 2.24) is 0 Å². The number of rotatable bonds is 1. The van der Waals surface area contributed by atoms with Gasteiger partial charge in [-0.25, -0.2) is 4.39 Å². The van der Waals surface area contributed by atoms with Gasteiger partial charge in [0.15, 0.2) is 0 Å². The third-order valence-corrected chi connectivity index (χ3v) is 2.11. The Kier molecular flexibility index (Phi) is 2.94. The molecule has 1 nitrogen and oxygen atoms in total. The van der Waals surface area contributed by atoms with Gasteiger partial charge in [-0.2, -0.15) is 13.2 Å². The van der Waals surface area contributed by atoms with E-state index in [0.29, 0.717) is 0 Å². The molecule has 76 valence electrons. The number of carbonyl (C=O) groups excluding carboxylic acids is 1. The van der Waals surface area contributed by atoms with Crippen LogP contribution in [0.25, 0.3) is 0 Å². The summed E-state index contributed by atoms with van der Waals surface area (Å²) in [5.41, 5.74) is -0.986. The van der Waals surface area contributed by atoms with Crippen molar-refractivity contribution in [2.24, 2.45) is 0 Å². The van der Waals surface area contributed by atoms with E-state index in [9.17, 15) is 22.4 Å². The fourth-order valence-electron chi connectivity index (χ4n) is 0.856. The van der Waals surface area contributed by atoms with Crippen LogP contribution in [-0.4, -0.2) is 12.0 Å². The highest BCUT2D eigenvalue weighted by Gasteiger charge is 2.41. The fraction of sp³-hybridized carbons (Fsp3) is 0.125. The van der Waals surface area contributed by atoms with Gasteiger partial charge in [0.25, 0.3) is 5.78 Å². The zero-order chi connectivity index (χ0) is 10.9. The van der Waals surface area contributed by atoms with Gasteiger partial charge in [0.1, 0.15) is 5.82 Å². The van der Waals surface area contributed by atoms with E-state index in [1.807, 2.05) is 0 Å². The number of hydrogen-bond donors (Lipinski definition) is 0. The van der Waals surface area contributed by atoms with Crippen LogP contribution in [-0.2, 0) is 0 Å². The summed E-state index contributed by atoms with van der Waals surface area (Å²) < 4.78 is 48.5. The van der Waals surface area contributed by atoms with E-state index in [1.54, 1.807) is 0 Å². The molecule has 0 bridgehead atoms. The number of benzene rings is 1. The summed E-state index contributed by atoms with van der Waals surface area (Å²) in [6, 6.07) is 3.17. The number of Topliss-reactive ketones (excluding diaryl/α,β-unsaturated/α-hetero) is 1. The molecule has 0 saturated heterocycles. The summed E-state index contributed by atoms with van der Waals surface area (Å²) in [5.74, 6) is -3.39. The minimum atomic E-state index is -5.06. The van der Waals surface area contributed by atoms with Crippen LogP contribution in [0.5, 0.6) is 0 Å². The van der Waals surface area contributed by atoms with E-state index >= 15 is 0 Å². The van der Waals surface area contributed by atoms with Crippen LogP contribution in [0.15, 0.2) is 22.7 Å². The first kappa shape index (κ1) is 11.2. The van der Waals surface area contributed by atoms with Crippen molar-refractivity contribution < 1.29 is 22.4 Å². The summed E-state index contributed by atoms with van der Waals surface area (Å²) in [5, 5.41) is 0. The molecule has 6 heteroatoms. The summed E-state index contributed by atoms with van der Waals surface area (Å²) in [6.45, 7) is 0. The Labute approximate surface area is 84.9 Å². The zero-order valence-corrected chi connectivity index (χ0v) is 8.12. The van der Waals surface area contributed by atoms with Crippen molar-refractivity contribution in [3.63, 3.8) is 0 Å². The van der Waals surface area contributed by atoms with E-state index < -0.39 is 23.3 Å². The van der Waals surface area contributed by atoms with Crippen LogP contribution < -0.4 is 0 Å². The second kappa shape index (κ2) is 3.68. The van der Waals surface area contributed by atoms with Gasteiger partial charge in [-0.05, 0) is 28.1 Å². The minimum Gasteiger partial charge on any atom is -0.284 e.